The van der Waals surface area contributed by atoms with Gasteiger partial charge in [-0.15, -0.1) is 0 Å². The summed E-state index contributed by atoms with van der Waals surface area (Å²) in [6.07, 6.45) is 5.35. The Kier molecular flexibility index (Phi) is 4.13. The Balaban J connectivity index is 1.50. The molecule has 0 amide bonds. The zero-order valence-electron chi connectivity index (χ0n) is 14.6. The number of carbonyl (C=O) groups is 1. The molecule has 1 aromatic carbocycles. The minimum absolute atomic E-state index is 0.116. The molecular weight excluding hydrogens is 314 g/mol. The number of nitrogens with one attached hydrogen (secondary N) is 1. The van der Waals surface area contributed by atoms with Crippen LogP contribution in [-0.4, -0.2) is 49.6 Å². The summed E-state index contributed by atoms with van der Waals surface area (Å²) in [5, 5.41) is 5.27. The number of ketones is 1. The Morgan fingerprint density at radius 2 is 2.04 bits per heavy atom. The van der Waals surface area contributed by atoms with E-state index >= 15 is 0 Å². The molecule has 3 aromatic rings. The largest absolute Gasteiger partial charge is 0.358 e. The second kappa shape index (κ2) is 6.44. The van der Waals surface area contributed by atoms with E-state index in [1.807, 2.05) is 42.8 Å². The Morgan fingerprint density at radius 3 is 2.76 bits per heavy atom. The lowest BCUT2D eigenvalue weighted by Crippen LogP contribution is -2.44. The number of rotatable bonds is 4. The van der Waals surface area contributed by atoms with Crippen molar-refractivity contribution in [3.05, 3.63) is 48.2 Å². The summed E-state index contributed by atoms with van der Waals surface area (Å²) in [7, 11) is 0. The van der Waals surface area contributed by atoms with Crippen molar-refractivity contribution in [2.45, 2.75) is 38.8 Å². The predicted octanol–water partition coefficient (Wildman–Crippen LogP) is 2.98. The maximum absolute atomic E-state index is 13.2. The molecule has 2 aromatic heterocycles. The number of benzene rings is 1. The van der Waals surface area contributed by atoms with Crippen LogP contribution in [0.1, 0.15) is 41.9 Å². The number of Topliss-reactive ketones (excluding diaryl/α,β-unsaturated/α-hetero) is 1. The van der Waals surface area contributed by atoms with Crippen LogP contribution < -0.4 is 0 Å². The average molecular weight is 337 g/mol. The molecular formula is C19H23N5O. The lowest BCUT2D eigenvalue weighted by Gasteiger charge is -2.35. The van der Waals surface area contributed by atoms with E-state index in [1.165, 1.54) is 0 Å². The second-order valence-electron chi connectivity index (χ2n) is 6.85. The number of aryl methyl sites for hydroxylation is 1. The van der Waals surface area contributed by atoms with Crippen LogP contribution in [0.2, 0.25) is 0 Å². The molecule has 1 aliphatic heterocycles. The van der Waals surface area contributed by atoms with E-state index in [2.05, 4.69) is 20.0 Å². The number of aromatic amines is 1. The number of fused-ring (bicyclic) bond motifs is 1. The smallest absolute Gasteiger partial charge is 0.182 e. The van der Waals surface area contributed by atoms with Crippen LogP contribution in [0.15, 0.2) is 36.9 Å². The van der Waals surface area contributed by atoms with Gasteiger partial charge in [-0.05, 0) is 32.8 Å². The summed E-state index contributed by atoms with van der Waals surface area (Å²) in [6, 6.07) is 8.29. The fourth-order valence-electron chi connectivity index (χ4n) is 3.91. The van der Waals surface area contributed by atoms with Crippen LogP contribution >= 0.6 is 0 Å². The summed E-state index contributed by atoms with van der Waals surface area (Å²) in [6.45, 7) is 5.81. The molecule has 1 saturated heterocycles. The topological polar surface area (TPSA) is 66.8 Å². The lowest BCUT2D eigenvalue weighted by molar-refractivity contribution is 0.0771. The minimum Gasteiger partial charge on any atom is -0.358 e. The Morgan fingerprint density at radius 1 is 1.28 bits per heavy atom. The molecule has 0 bridgehead atoms. The van der Waals surface area contributed by atoms with Crippen LogP contribution in [0.3, 0.4) is 0 Å². The van der Waals surface area contributed by atoms with E-state index in [0.29, 0.717) is 6.04 Å². The summed E-state index contributed by atoms with van der Waals surface area (Å²) in [5.41, 5.74) is 2.82. The Bertz CT molecular complexity index is 875. The van der Waals surface area contributed by atoms with Crippen LogP contribution in [0.5, 0.6) is 0 Å². The highest BCUT2D eigenvalue weighted by Crippen LogP contribution is 2.27. The van der Waals surface area contributed by atoms with Crippen molar-refractivity contribution >= 4 is 16.7 Å². The molecule has 1 fully saturated rings. The van der Waals surface area contributed by atoms with Crippen molar-refractivity contribution in [3.63, 3.8) is 0 Å². The summed E-state index contributed by atoms with van der Waals surface area (Å²) < 4.78 is 1.94. The molecule has 1 aliphatic rings. The molecule has 0 saturated carbocycles. The van der Waals surface area contributed by atoms with Crippen molar-refractivity contribution in [1.82, 2.24) is 24.6 Å². The maximum Gasteiger partial charge on any atom is 0.182 e. The van der Waals surface area contributed by atoms with Gasteiger partial charge in [0.25, 0.3) is 0 Å². The number of hydrogen-bond acceptors (Lipinski definition) is 4. The molecule has 0 radical (unpaired) electrons. The molecule has 6 heteroatoms. The Labute approximate surface area is 146 Å². The summed E-state index contributed by atoms with van der Waals surface area (Å²) >= 11 is 0. The molecule has 0 spiro atoms. The van der Waals surface area contributed by atoms with Crippen LogP contribution in [0.4, 0.5) is 0 Å². The van der Waals surface area contributed by atoms with E-state index < -0.39 is 0 Å². The van der Waals surface area contributed by atoms with Crippen LogP contribution in [0, 0.1) is 6.92 Å². The molecule has 130 valence electrons. The maximum atomic E-state index is 13.2. The van der Waals surface area contributed by atoms with E-state index in [-0.39, 0.29) is 11.8 Å². The third-order valence-electron chi connectivity index (χ3n) is 5.38. The number of carbonyl (C=O) groups excluding carboxylic acids is 1. The monoisotopic (exact) mass is 337 g/mol. The van der Waals surface area contributed by atoms with Crippen molar-refractivity contribution in [2.24, 2.45) is 0 Å². The van der Waals surface area contributed by atoms with Crippen molar-refractivity contribution < 1.29 is 4.79 Å². The summed E-state index contributed by atoms with van der Waals surface area (Å²) in [5.74, 6) is 0.203. The van der Waals surface area contributed by atoms with Gasteiger partial charge in [0, 0.05) is 35.2 Å². The number of hydrogen-bond donors (Lipinski definition) is 1. The van der Waals surface area contributed by atoms with Gasteiger partial charge in [-0.3, -0.25) is 9.69 Å². The zero-order chi connectivity index (χ0) is 17.4. The van der Waals surface area contributed by atoms with Crippen LogP contribution in [0.25, 0.3) is 10.9 Å². The third kappa shape index (κ3) is 2.87. The molecule has 1 N–H and O–H groups in total. The van der Waals surface area contributed by atoms with Gasteiger partial charge >= 0.3 is 0 Å². The van der Waals surface area contributed by atoms with Gasteiger partial charge in [0.1, 0.15) is 12.7 Å². The number of likely N-dealkylation sites (tertiary alicyclic amines) is 1. The SMILES string of the molecule is Cc1[nH]c2ccccc2c1C(=O)[C@H](C)N1CCC(n2cncn2)CC1. The number of aromatic nitrogens is 4. The van der Waals surface area contributed by atoms with Crippen molar-refractivity contribution in [1.29, 1.82) is 0 Å². The molecule has 25 heavy (non-hydrogen) atoms. The first kappa shape index (κ1) is 16.0. The highest BCUT2D eigenvalue weighted by Gasteiger charge is 2.30. The van der Waals surface area contributed by atoms with E-state index in [0.717, 1.165) is 48.1 Å². The quantitative estimate of drug-likeness (QED) is 0.743. The molecule has 1 atom stereocenters. The van der Waals surface area contributed by atoms with Gasteiger partial charge in [-0.1, -0.05) is 18.2 Å². The van der Waals surface area contributed by atoms with E-state index in [4.69, 9.17) is 0 Å². The van der Waals surface area contributed by atoms with E-state index in [1.54, 1.807) is 12.7 Å². The average Bonchev–Trinajstić information content (AvgIpc) is 3.27. The highest BCUT2D eigenvalue weighted by atomic mass is 16.1. The minimum atomic E-state index is -0.116. The van der Waals surface area contributed by atoms with Gasteiger partial charge in [-0.2, -0.15) is 5.10 Å². The molecule has 6 nitrogen and oxygen atoms in total. The lowest BCUT2D eigenvalue weighted by atomic mass is 9.97. The van der Waals surface area contributed by atoms with Gasteiger partial charge in [-0.25, -0.2) is 9.67 Å². The first-order valence-electron chi connectivity index (χ1n) is 8.85. The predicted molar refractivity (Wildman–Crippen MR) is 96.7 cm³/mol. The van der Waals surface area contributed by atoms with Gasteiger partial charge in [0.05, 0.1) is 12.1 Å². The van der Waals surface area contributed by atoms with Gasteiger partial charge in [0.2, 0.25) is 0 Å². The van der Waals surface area contributed by atoms with Crippen LogP contribution in [-0.2, 0) is 0 Å². The molecule has 4 rings (SSSR count). The number of piperidine rings is 1. The zero-order valence-corrected chi connectivity index (χ0v) is 14.6. The third-order valence-corrected chi connectivity index (χ3v) is 5.38. The summed E-state index contributed by atoms with van der Waals surface area (Å²) in [4.78, 5) is 22.8. The molecule has 0 unspecified atom stereocenters. The number of para-hydroxylation sites is 1. The van der Waals surface area contributed by atoms with Crippen molar-refractivity contribution in [3.8, 4) is 0 Å². The first-order chi connectivity index (χ1) is 12.1. The Hall–Kier alpha value is -2.47. The fraction of sp³-hybridized carbons (Fsp3) is 0.421. The van der Waals surface area contributed by atoms with E-state index in [9.17, 15) is 4.79 Å². The highest BCUT2D eigenvalue weighted by molar-refractivity contribution is 6.11. The van der Waals surface area contributed by atoms with Crippen molar-refractivity contribution in [2.75, 3.05) is 13.1 Å². The second-order valence-corrected chi connectivity index (χ2v) is 6.85. The standard InChI is InChI=1S/C19H23N5O/c1-13-18(16-5-3-4-6-17(16)22-13)19(25)14(2)23-9-7-15(8-10-23)24-12-20-11-21-24/h3-6,11-12,14-15,22H,7-10H2,1-2H3/t14-/m0/s1. The fourth-order valence-corrected chi connectivity index (χ4v) is 3.91. The van der Waals surface area contributed by atoms with Gasteiger partial charge < -0.3 is 4.98 Å². The molecule has 0 aliphatic carbocycles. The number of H-pyrrole nitrogens is 1. The number of nitrogens with zero attached hydrogens (tertiary/aromatic N) is 4. The first-order valence-corrected chi connectivity index (χ1v) is 8.85. The molecule has 3 heterocycles. The van der Waals surface area contributed by atoms with Gasteiger partial charge in [0.15, 0.2) is 5.78 Å². The normalized spacial score (nSPS) is 17.8.